The first-order chi connectivity index (χ1) is 14.3. The lowest BCUT2D eigenvalue weighted by Gasteiger charge is -2.34. The number of fused-ring (bicyclic) bond motifs is 1. The molecule has 1 unspecified atom stereocenters. The molecule has 1 saturated heterocycles. The zero-order chi connectivity index (χ0) is 21.3. The number of thiazole rings is 1. The number of pyridine rings is 1. The zero-order valence-electron chi connectivity index (χ0n) is 16.7. The largest absolute Gasteiger partial charge is 0.419 e. The third-order valence-electron chi connectivity index (χ3n) is 5.67. The first kappa shape index (κ1) is 21.0. The number of carbonyl (C=O) groups is 1. The van der Waals surface area contributed by atoms with Crippen LogP contribution in [-0.2, 0) is 23.9 Å². The molecule has 2 aromatic rings. The molecule has 4 rings (SSSR count). The molecule has 2 aliphatic heterocycles. The number of alkyl halides is 3. The molecule has 10 heteroatoms. The second kappa shape index (κ2) is 8.50. The number of likely N-dealkylation sites (N-methyl/N-ethyl adjacent to an activating group) is 1. The minimum atomic E-state index is -4.48. The van der Waals surface area contributed by atoms with Gasteiger partial charge in [0.25, 0.3) is 0 Å². The van der Waals surface area contributed by atoms with Crippen LogP contribution in [0.5, 0.6) is 0 Å². The van der Waals surface area contributed by atoms with Crippen molar-refractivity contribution in [3.05, 3.63) is 34.5 Å². The first-order valence-corrected chi connectivity index (χ1v) is 11.0. The summed E-state index contributed by atoms with van der Waals surface area (Å²) in [5.74, 6) is -0.704. The van der Waals surface area contributed by atoms with E-state index in [4.69, 9.17) is 0 Å². The molecular weight excluding hydrogens is 415 g/mol. The van der Waals surface area contributed by atoms with Crippen LogP contribution in [0.15, 0.2) is 18.3 Å². The van der Waals surface area contributed by atoms with Crippen LogP contribution in [0.25, 0.3) is 0 Å². The second-order valence-electron chi connectivity index (χ2n) is 7.65. The maximum atomic E-state index is 13.4. The molecule has 2 aliphatic rings. The van der Waals surface area contributed by atoms with E-state index in [0.29, 0.717) is 24.5 Å². The lowest BCUT2D eigenvalue weighted by Crippen LogP contribution is -2.42. The molecule has 1 fully saturated rings. The number of hydrogen-bond donors (Lipinski definition) is 1. The van der Waals surface area contributed by atoms with Gasteiger partial charge in [-0.25, -0.2) is 9.97 Å². The van der Waals surface area contributed by atoms with Crippen molar-refractivity contribution < 1.29 is 18.0 Å². The highest BCUT2D eigenvalue weighted by molar-refractivity contribution is 7.15. The molecule has 162 valence electrons. The van der Waals surface area contributed by atoms with Crippen molar-refractivity contribution >= 4 is 28.2 Å². The Morgan fingerprint density at radius 2 is 2.20 bits per heavy atom. The highest BCUT2D eigenvalue weighted by Crippen LogP contribution is 2.36. The third-order valence-corrected chi connectivity index (χ3v) is 6.67. The zero-order valence-corrected chi connectivity index (χ0v) is 17.5. The summed E-state index contributed by atoms with van der Waals surface area (Å²) in [6.07, 6.45) is -0.997. The van der Waals surface area contributed by atoms with Gasteiger partial charge in [-0.15, -0.1) is 11.3 Å². The first-order valence-electron chi connectivity index (χ1n) is 10.1. The molecule has 0 aliphatic carbocycles. The maximum Gasteiger partial charge on any atom is 0.419 e. The summed E-state index contributed by atoms with van der Waals surface area (Å²) in [6, 6.07) is 2.32. The number of nitrogens with zero attached hydrogens (tertiary/aromatic N) is 4. The number of halogens is 3. The van der Waals surface area contributed by atoms with Crippen LogP contribution in [0.1, 0.15) is 35.9 Å². The van der Waals surface area contributed by atoms with Gasteiger partial charge in [0.2, 0.25) is 5.91 Å². The molecular formula is C20H24F3N5OS. The van der Waals surface area contributed by atoms with Crippen LogP contribution in [-0.4, -0.2) is 47.0 Å². The summed E-state index contributed by atoms with van der Waals surface area (Å²) in [6.45, 7) is 5.56. The van der Waals surface area contributed by atoms with E-state index >= 15 is 0 Å². The quantitative estimate of drug-likeness (QED) is 0.786. The monoisotopic (exact) mass is 439 g/mol. The van der Waals surface area contributed by atoms with Crippen LogP contribution in [0, 0.1) is 5.92 Å². The number of carbonyl (C=O) groups excluding carboxylic acids is 1. The molecule has 0 aromatic carbocycles. The van der Waals surface area contributed by atoms with Gasteiger partial charge in [-0.05, 0) is 31.5 Å². The van der Waals surface area contributed by atoms with Crippen LogP contribution in [0.2, 0.25) is 0 Å². The van der Waals surface area contributed by atoms with Crippen LogP contribution in [0.4, 0.5) is 24.1 Å². The average molecular weight is 440 g/mol. The summed E-state index contributed by atoms with van der Waals surface area (Å²) in [4.78, 5) is 26.4. The Morgan fingerprint density at radius 1 is 1.37 bits per heavy atom. The Kier molecular flexibility index (Phi) is 5.97. The Bertz CT molecular complexity index is 916. The molecule has 6 nitrogen and oxygen atoms in total. The summed E-state index contributed by atoms with van der Waals surface area (Å²) >= 11 is 1.49. The summed E-state index contributed by atoms with van der Waals surface area (Å²) < 4.78 is 40.1. The third kappa shape index (κ3) is 4.44. The Balaban J connectivity index is 1.45. The molecule has 1 amide bonds. The second-order valence-corrected chi connectivity index (χ2v) is 8.74. The average Bonchev–Trinajstić information content (AvgIpc) is 3.14. The van der Waals surface area contributed by atoms with Crippen LogP contribution < -0.4 is 10.2 Å². The fraction of sp³-hybridized carbons (Fsp3) is 0.550. The van der Waals surface area contributed by atoms with E-state index < -0.39 is 17.7 Å². The van der Waals surface area contributed by atoms with Gasteiger partial charge in [0.05, 0.1) is 17.2 Å². The van der Waals surface area contributed by atoms with Crippen molar-refractivity contribution in [2.75, 3.05) is 36.4 Å². The van der Waals surface area contributed by atoms with Gasteiger partial charge in [0, 0.05) is 43.7 Å². The van der Waals surface area contributed by atoms with E-state index in [1.165, 1.54) is 28.5 Å². The smallest absolute Gasteiger partial charge is 0.355 e. The van der Waals surface area contributed by atoms with E-state index in [-0.39, 0.29) is 18.3 Å². The SMILES string of the molecule is CCN1CCc2nc(NC(=O)C3CCCN(c4ncccc4C(F)(F)F)C3)sc2C1. The van der Waals surface area contributed by atoms with Gasteiger partial charge in [-0.1, -0.05) is 6.92 Å². The van der Waals surface area contributed by atoms with Crippen molar-refractivity contribution in [3.63, 3.8) is 0 Å². The van der Waals surface area contributed by atoms with E-state index in [2.05, 4.69) is 27.1 Å². The standard InChI is InChI=1S/C20H24F3N5OS/c1-2-27-10-7-15-16(12-27)30-19(25-15)26-18(29)13-5-4-9-28(11-13)17-14(20(21,22)23)6-3-8-24-17/h3,6,8,13H,2,4-5,7,9-12H2,1H3,(H,25,26,29). The fourth-order valence-electron chi connectivity index (χ4n) is 4.03. The number of anilines is 2. The molecule has 0 bridgehead atoms. The van der Waals surface area contributed by atoms with Gasteiger partial charge < -0.3 is 10.2 Å². The number of piperidine rings is 1. The highest BCUT2D eigenvalue weighted by atomic mass is 32.1. The molecule has 0 saturated carbocycles. The molecule has 1 N–H and O–H groups in total. The number of rotatable bonds is 4. The predicted octanol–water partition coefficient (Wildman–Crippen LogP) is 3.79. The van der Waals surface area contributed by atoms with Gasteiger partial charge in [0.1, 0.15) is 5.82 Å². The summed E-state index contributed by atoms with van der Waals surface area (Å²) in [7, 11) is 0. The van der Waals surface area contributed by atoms with Gasteiger partial charge in [0.15, 0.2) is 5.13 Å². The van der Waals surface area contributed by atoms with Crippen molar-refractivity contribution in [1.82, 2.24) is 14.9 Å². The van der Waals surface area contributed by atoms with Crippen LogP contribution >= 0.6 is 11.3 Å². The predicted molar refractivity (Wildman–Crippen MR) is 110 cm³/mol. The number of aromatic nitrogens is 2. The minimum Gasteiger partial charge on any atom is -0.355 e. The number of nitrogens with one attached hydrogen (secondary N) is 1. The summed E-state index contributed by atoms with van der Waals surface area (Å²) in [5.41, 5.74) is 0.271. The lowest BCUT2D eigenvalue weighted by atomic mass is 9.97. The van der Waals surface area contributed by atoms with Gasteiger partial charge in [-0.3, -0.25) is 9.69 Å². The lowest BCUT2D eigenvalue weighted by molar-refractivity contribution is -0.137. The molecule has 0 radical (unpaired) electrons. The summed E-state index contributed by atoms with van der Waals surface area (Å²) in [5, 5.41) is 3.48. The fourth-order valence-corrected chi connectivity index (χ4v) is 5.09. The topological polar surface area (TPSA) is 61.4 Å². The highest BCUT2D eigenvalue weighted by Gasteiger charge is 2.37. The Labute approximate surface area is 177 Å². The van der Waals surface area contributed by atoms with E-state index in [0.717, 1.165) is 37.8 Å². The normalized spacial score (nSPS) is 20.1. The van der Waals surface area contributed by atoms with E-state index in [1.54, 1.807) is 4.90 Å². The van der Waals surface area contributed by atoms with E-state index in [1.807, 2.05) is 0 Å². The molecule has 4 heterocycles. The van der Waals surface area contributed by atoms with Gasteiger partial charge in [-0.2, -0.15) is 13.2 Å². The molecule has 2 aromatic heterocycles. The van der Waals surface area contributed by atoms with Crippen molar-refractivity contribution in [2.24, 2.45) is 5.92 Å². The van der Waals surface area contributed by atoms with Crippen molar-refractivity contribution in [1.29, 1.82) is 0 Å². The van der Waals surface area contributed by atoms with Crippen molar-refractivity contribution in [3.8, 4) is 0 Å². The maximum absolute atomic E-state index is 13.4. The Morgan fingerprint density at radius 3 is 2.97 bits per heavy atom. The molecule has 30 heavy (non-hydrogen) atoms. The van der Waals surface area contributed by atoms with Crippen molar-refractivity contribution in [2.45, 2.75) is 38.9 Å². The van der Waals surface area contributed by atoms with E-state index in [9.17, 15) is 18.0 Å². The van der Waals surface area contributed by atoms with Gasteiger partial charge >= 0.3 is 6.18 Å². The molecule has 1 atom stereocenters. The molecule has 0 spiro atoms. The van der Waals surface area contributed by atoms with Crippen LogP contribution in [0.3, 0.4) is 0 Å². The number of amides is 1. The number of hydrogen-bond acceptors (Lipinski definition) is 6. The Hall–Kier alpha value is -2.20. The minimum absolute atomic E-state index is 0.105.